The number of para-hydroxylation sites is 1. The van der Waals surface area contributed by atoms with Gasteiger partial charge in [-0.2, -0.15) is 0 Å². The normalized spacial score (nSPS) is 15.0. The fraction of sp³-hybridized carbons (Fsp3) is 0.364. The van der Waals surface area contributed by atoms with Gasteiger partial charge >= 0.3 is 6.03 Å². The summed E-state index contributed by atoms with van der Waals surface area (Å²) in [5.41, 5.74) is 1.95. The first kappa shape index (κ1) is 19.9. The lowest BCUT2D eigenvalue weighted by Gasteiger charge is -2.28. The van der Waals surface area contributed by atoms with Crippen molar-refractivity contribution >= 4 is 17.6 Å². The van der Waals surface area contributed by atoms with Crippen molar-refractivity contribution in [1.82, 2.24) is 15.5 Å². The van der Waals surface area contributed by atoms with Crippen molar-refractivity contribution in [3.05, 3.63) is 66.2 Å². The van der Waals surface area contributed by atoms with Crippen LogP contribution in [-0.2, 0) is 4.79 Å². The van der Waals surface area contributed by atoms with E-state index in [1.807, 2.05) is 48.5 Å². The summed E-state index contributed by atoms with van der Waals surface area (Å²) in [4.78, 5) is 26.5. The molecule has 0 spiro atoms. The molecule has 1 saturated heterocycles. The van der Waals surface area contributed by atoms with Gasteiger partial charge in [0.1, 0.15) is 0 Å². The molecule has 0 saturated carbocycles. The average molecular weight is 380 g/mol. The zero-order chi connectivity index (χ0) is 19.6. The van der Waals surface area contributed by atoms with E-state index in [-0.39, 0.29) is 24.4 Å². The van der Waals surface area contributed by atoms with Crippen LogP contribution in [0.5, 0.6) is 0 Å². The summed E-state index contributed by atoms with van der Waals surface area (Å²) in [5.74, 6) is -0.0554. The highest BCUT2D eigenvalue weighted by atomic mass is 16.2. The molecular formula is C22H28N4O2. The second kappa shape index (κ2) is 10.5. The van der Waals surface area contributed by atoms with Crippen LogP contribution < -0.4 is 16.0 Å². The van der Waals surface area contributed by atoms with E-state index in [0.29, 0.717) is 13.1 Å². The predicted molar refractivity (Wildman–Crippen MR) is 111 cm³/mol. The number of nitrogens with zero attached hydrogens (tertiary/aromatic N) is 1. The number of carbonyl (C=O) groups excluding carboxylic acids is 2. The van der Waals surface area contributed by atoms with E-state index in [1.54, 1.807) is 0 Å². The molecule has 6 nitrogen and oxygen atoms in total. The molecule has 0 aromatic heterocycles. The summed E-state index contributed by atoms with van der Waals surface area (Å²) in [5, 5.41) is 8.48. The lowest BCUT2D eigenvalue weighted by Crippen LogP contribution is -2.38. The summed E-state index contributed by atoms with van der Waals surface area (Å²) < 4.78 is 0. The lowest BCUT2D eigenvalue weighted by atomic mass is 10.1. The van der Waals surface area contributed by atoms with Crippen LogP contribution >= 0.6 is 0 Å². The minimum atomic E-state index is -0.307. The fourth-order valence-corrected chi connectivity index (χ4v) is 3.47. The van der Waals surface area contributed by atoms with Crippen molar-refractivity contribution in [2.45, 2.75) is 25.3 Å². The molecule has 0 radical (unpaired) electrons. The molecule has 1 heterocycles. The molecule has 3 amide bonds. The molecule has 1 atom stereocenters. The van der Waals surface area contributed by atoms with Gasteiger partial charge in [0.25, 0.3) is 0 Å². The van der Waals surface area contributed by atoms with Gasteiger partial charge in [-0.3, -0.25) is 9.69 Å². The first-order valence-electron chi connectivity index (χ1n) is 9.88. The highest BCUT2D eigenvalue weighted by molar-refractivity contribution is 5.89. The van der Waals surface area contributed by atoms with E-state index < -0.39 is 0 Å². The maximum absolute atomic E-state index is 12.2. The first-order chi connectivity index (χ1) is 13.7. The second-order valence-electron chi connectivity index (χ2n) is 6.97. The summed E-state index contributed by atoms with van der Waals surface area (Å²) in [6, 6.07) is 19.4. The summed E-state index contributed by atoms with van der Waals surface area (Å²) in [6.45, 7) is 3.01. The molecule has 3 rings (SSSR count). The molecule has 1 aliphatic rings. The van der Waals surface area contributed by atoms with Crippen molar-refractivity contribution in [2.24, 2.45) is 0 Å². The van der Waals surface area contributed by atoms with Crippen molar-refractivity contribution < 1.29 is 9.59 Å². The molecule has 6 heteroatoms. The SMILES string of the molecule is O=C(CCNC(=O)Nc1ccccc1)NC[C@@H](c1ccccc1)N1CCCC1. The monoisotopic (exact) mass is 380 g/mol. The Morgan fingerprint density at radius 2 is 1.54 bits per heavy atom. The molecule has 1 fully saturated rings. The summed E-state index contributed by atoms with van der Waals surface area (Å²) >= 11 is 0. The Labute approximate surface area is 166 Å². The number of rotatable bonds is 8. The molecule has 28 heavy (non-hydrogen) atoms. The Morgan fingerprint density at radius 1 is 0.893 bits per heavy atom. The van der Waals surface area contributed by atoms with E-state index in [0.717, 1.165) is 18.8 Å². The number of hydrogen-bond donors (Lipinski definition) is 3. The van der Waals surface area contributed by atoms with E-state index in [2.05, 4.69) is 33.0 Å². The standard InChI is InChI=1S/C22H28N4O2/c27-21(13-14-23-22(28)25-19-11-5-2-6-12-19)24-17-20(26-15-7-8-16-26)18-9-3-1-4-10-18/h1-6,9-12,20H,7-8,13-17H2,(H,24,27)(H2,23,25,28)/t20-/m0/s1. The van der Waals surface area contributed by atoms with Gasteiger partial charge in [-0.1, -0.05) is 48.5 Å². The first-order valence-corrected chi connectivity index (χ1v) is 9.88. The van der Waals surface area contributed by atoms with Crippen LogP contribution in [0.1, 0.15) is 30.9 Å². The van der Waals surface area contributed by atoms with Crippen LogP contribution in [0.3, 0.4) is 0 Å². The number of benzene rings is 2. The van der Waals surface area contributed by atoms with Crippen LogP contribution in [0.25, 0.3) is 0 Å². The van der Waals surface area contributed by atoms with E-state index in [9.17, 15) is 9.59 Å². The van der Waals surface area contributed by atoms with E-state index >= 15 is 0 Å². The Hall–Kier alpha value is -2.86. The fourth-order valence-electron chi connectivity index (χ4n) is 3.47. The van der Waals surface area contributed by atoms with Gasteiger partial charge in [0.2, 0.25) is 5.91 Å². The molecule has 0 aliphatic carbocycles. The van der Waals surface area contributed by atoms with Crippen molar-refractivity contribution in [3.63, 3.8) is 0 Å². The Balaban J connectivity index is 1.41. The van der Waals surface area contributed by atoms with Gasteiger partial charge in [0.05, 0.1) is 6.04 Å². The highest BCUT2D eigenvalue weighted by Crippen LogP contribution is 2.24. The smallest absolute Gasteiger partial charge is 0.319 e. The van der Waals surface area contributed by atoms with Crippen LogP contribution in [0.4, 0.5) is 10.5 Å². The predicted octanol–water partition coefficient (Wildman–Crippen LogP) is 3.15. The molecular weight excluding hydrogens is 352 g/mol. The largest absolute Gasteiger partial charge is 0.354 e. The molecule has 2 aromatic carbocycles. The molecule has 148 valence electrons. The van der Waals surface area contributed by atoms with Gasteiger partial charge in [-0.25, -0.2) is 4.79 Å². The van der Waals surface area contributed by atoms with Crippen molar-refractivity contribution in [2.75, 3.05) is 31.5 Å². The van der Waals surface area contributed by atoms with Gasteiger partial charge in [0.15, 0.2) is 0 Å². The van der Waals surface area contributed by atoms with Crippen LogP contribution in [0.15, 0.2) is 60.7 Å². The minimum Gasteiger partial charge on any atom is -0.354 e. The number of nitrogens with one attached hydrogen (secondary N) is 3. The Kier molecular flexibility index (Phi) is 7.44. The van der Waals surface area contributed by atoms with Crippen LogP contribution in [-0.4, -0.2) is 43.0 Å². The average Bonchev–Trinajstić information content (AvgIpc) is 3.24. The number of likely N-dealkylation sites (tertiary alicyclic amines) is 1. The van der Waals surface area contributed by atoms with Gasteiger partial charge in [-0.15, -0.1) is 0 Å². The van der Waals surface area contributed by atoms with Gasteiger partial charge in [-0.05, 0) is 43.6 Å². The number of amides is 3. The number of carbonyl (C=O) groups is 2. The minimum absolute atomic E-state index is 0.0554. The second-order valence-corrected chi connectivity index (χ2v) is 6.97. The maximum Gasteiger partial charge on any atom is 0.319 e. The number of hydrogen-bond acceptors (Lipinski definition) is 3. The van der Waals surface area contributed by atoms with E-state index in [1.165, 1.54) is 18.4 Å². The zero-order valence-corrected chi connectivity index (χ0v) is 16.1. The topological polar surface area (TPSA) is 73.5 Å². The summed E-state index contributed by atoms with van der Waals surface area (Å²) in [7, 11) is 0. The van der Waals surface area contributed by atoms with Gasteiger partial charge in [0, 0.05) is 25.2 Å². The Bertz CT molecular complexity index is 746. The molecule has 3 N–H and O–H groups in total. The third-order valence-corrected chi connectivity index (χ3v) is 4.93. The third-order valence-electron chi connectivity index (χ3n) is 4.93. The molecule has 0 unspecified atom stereocenters. The zero-order valence-electron chi connectivity index (χ0n) is 16.1. The third kappa shape index (κ3) is 6.09. The maximum atomic E-state index is 12.2. The van der Waals surface area contributed by atoms with Crippen LogP contribution in [0.2, 0.25) is 0 Å². The Morgan fingerprint density at radius 3 is 2.21 bits per heavy atom. The molecule has 2 aromatic rings. The lowest BCUT2D eigenvalue weighted by molar-refractivity contribution is -0.121. The highest BCUT2D eigenvalue weighted by Gasteiger charge is 2.23. The van der Waals surface area contributed by atoms with Crippen molar-refractivity contribution in [3.8, 4) is 0 Å². The summed E-state index contributed by atoms with van der Waals surface area (Å²) in [6.07, 6.45) is 2.67. The quantitative estimate of drug-likeness (QED) is 0.659. The van der Waals surface area contributed by atoms with E-state index in [4.69, 9.17) is 0 Å². The number of anilines is 1. The number of urea groups is 1. The molecule has 0 bridgehead atoms. The molecule has 1 aliphatic heterocycles. The van der Waals surface area contributed by atoms with Crippen molar-refractivity contribution in [1.29, 1.82) is 0 Å². The van der Waals surface area contributed by atoms with Gasteiger partial charge < -0.3 is 16.0 Å². The van der Waals surface area contributed by atoms with Crippen LogP contribution in [0, 0.1) is 0 Å².